The van der Waals surface area contributed by atoms with Gasteiger partial charge in [-0.25, -0.2) is 4.98 Å². The number of aromatic nitrogens is 3. The number of carbonyl (C=O) groups is 1. The summed E-state index contributed by atoms with van der Waals surface area (Å²) >= 11 is 1.56. The van der Waals surface area contributed by atoms with Crippen molar-refractivity contribution in [1.29, 1.82) is 0 Å². The Morgan fingerprint density at radius 3 is 2.03 bits per heavy atom. The number of carbonyl (C=O) groups excluding carboxylic acids is 1. The van der Waals surface area contributed by atoms with Crippen LogP contribution in [0.4, 0.5) is 0 Å². The van der Waals surface area contributed by atoms with Crippen molar-refractivity contribution in [2.24, 2.45) is 0 Å². The predicted molar refractivity (Wildman–Crippen MR) is 124 cm³/mol. The molecule has 5 aromatic rings. The van der Waals surface area contributed by atoms with E-state index in [0.29, 0.717) is 23.9 Å². The molecule has 0 aliphatic heterocycles. The summed E-state index contributed by atoms with van der Waals surface area (Å²) in [5.74, 6) is 0.702. The van der Waals surface area contributed by atoms with Gasteiger partial charge in [0.2, 0.25) is 11.8 Å². The molecule has 0 atom stereocenters. The smallest absolute Gasteiger partial charge is 0.251 e. The van der Waals surface area contributed by atoms with E-state index in [0.717, 1.165) is 27.4 Å². The second-order valence-corrected chi connectivity index (χ2v) is 7.91. The molecule has 0 bridgehead atoms. The highest BCUT2D eigenvalue weighted by atomic mass is 32.1. The normalized spacial score (nSPS) is 10.8. The molecular weight excluding hydrogens is 420 g/mol. The Balaban J connectivity index is 1.22. The van der Waals surface area contributed by atoms with Gasteiger partial charge >= 0.3 is 0 Å². The van der Waals surface area contributed by atoms with E-state index < -0.39 is 0 Å². The Hall–Kier alpha value is -4.10. The summed E-state index contributed by atoms with van der Waals surface area (Å²) in [4.78, 5) is 17.1. The first-order valence-corrected chi connectivity index (χ1v) is 10.9. The summed E-state index contributed by atoms with van der Waals surface area (Å²) in [6.45, 7) is 0.369. The van der Waals surface area contributed by atoms with Crippen LogP contribution in [0.2, 0.25) is 0 Å². The Bertz CT molecular complexity index is 1330. The lowest BCUT2D eigenvalue weighted by atomic mass is 10.1. The zero-order valence-corrected chi connectivity index (χ0v) is 17.8. The number of amides is 1. The second kappa shape index (κ2) is 8.95. The number of nitrogens with one attached hydrogen (secondary N) is 1. The summed E-state index contributed by atoms with van der Waals surface area (Å²) in [6, 6.07) is 26.7. The van der Waals surface area contributed by atoms with Gasteiger partial charge in [-0.1, -0.05) is 48.5 Å². The number of nitrogens with zero attached hydrogens (tertiary/aromatic N) is 3. The molecule has 156 valence electrons. The second-order valence-electron chi connectivity index (χ2n) is 7.05. The first-order valence-electron chi connectivity index (χ1n) is 10.0. The first-order chi connectivity index (χ1) is 15.8. The van der Waals surface area contributed by atoms with Gasteiger partial charge in [-0.2, -0.15) is 0 Å². The Kier molecular flexibility index (Phi) is 5.55. The van der Waals surface area contributed by atoms with Gasteiger partial charge in [0.05, 0.1) is 12.2 Å². The topological polar surface area (TPSA) is 80.9 Å². The molecule has 0 radical (unpaired) electrons. The van der Waals surface area contributed by atoms with Gasteiger partial charge in [-0.3, -0.25) is 4.79 Å². The number of thiazole rings is 1. The van der Waals surface area contributed by atoms with Gasteiger partial charge in [0.1, 0.15) is 5.01 Å². The van der Waals surface area contributed by atoms with E-state index in [1.165, 1.54) is 0 Å². The Labute approximate surface area is 188 Å². The van der Waals surface area contributed by atoms with E-state index in [1.54, 1.807) is 35.6 Å². The minimum atomic E-state index is -0.165. The quantitative estimate of drug-likeness (QED) is 0.381. The lowest BCUT2D eigenvalue weighted by Crippen LogP contribution is -2.22. The Morgan fingerprint density at radius 2 is 1.38 bits per heavy atom. The average Bonchev–Trinajstić information content (AvgIpc) is 3.54. The molecule has 7 heteroatoms. The fraction of sp³-hybridized carbons (Fsp3) is 0.0400. The van der Waals surface area contributed by atoms with Crippen LogP contribution in [0.5, 0.6) is 0 Å². The molecule has 1 N–H and O–H groups in total. The molecule has 1 amide bonds. The van der Waals surface area contributed by atoms with Crippen LogP contribution < -0.4 is 5.32 Å². The molecule has 0 aliphatic carbocycles. The number of hydrogen-bond acceptors (Lipinski definition) is 6. The molecule has 3 aromatic carbocycles. The van der Waals surface area contributed by atoms with Crippen LogP contribution >= 0.6 is 11.3 Å². The molecule has 6 nitrogen and oxygen atoms in total. The third-order valence-corrected chi connectivity index (χ3v) is 5.78. The molecule has 0 spiro atoms. The van der Waals surface area contributed by atoms with Crippen molar-refractivity contribution in [2.45, 2.75) is 6.54 Å². The minimum Gasteiger partial charge on any atom is -0.416 e. The maximum absolute atomic E-state index is 12.5. The first kappa shape index (κ1) is 19.8. The van der Waals surface area contributed by atoms with Crippen LogP contribution in [0, 0.1) is 0 Å². The SMILES string of the molecule is O=C(NCc1csc(-c2ccccc2)n1)c1ccc(-c2nnc(-c3ccccc3)o2)cc1. The third-order valence-electron chi connectivity index (χ3n) is 4.84. The van der Waals surface area contributed by atoms with E-state index in [9.17, 15) is 4.79 Å². The van der Waals surface area contributed by atoms with Gasteiger partial charge < -0.3 is 9.73 Å². The zero-order valence-electron chi connectivity index (χ0n) is 16.9. The van der Waals surface area contributed by atoms with Crippen LogP contribution in [-0.4, -0.2) is 21.1 Å². The van der Waals surface area contributed by atoms with Crippen molar-refractivity contribution in [3.63, 3.8) is 0 Å². The van der Waals surface area contributed by atoms with E-state index in [4.69, 9.17) is 4.42 Å². The van der Waals surface area contributed by atoms with Crippen LogP contribution in [-0.2, 0) is 6.54 Å². The molecule has 0 unspecified atom stereocenters. The number of rotatable bonds is 6. The Morgan fingerprint density at radius 1 is 0.781 bits per heavy atom. The molecule has 0 aliphatic rings. The molecule has 0 saturated heterocycles. The summed E-state index contributed by atoms with van der Waals surface area (Å²) < 4.78 is 5.77. The van der Waals surface area contributed by atoms with Gasteiger partial charge in [0.15, 0.2) is 0 Å². The molecule has 2 heterocycles. The van der Waals surface area contributed by atoms with E-state index >= 15 is 0 Å². The van der Waals surface area contributed by atoms with Crippen LogP contribution in [0.1, 0.15) is 16.1 Å². The number of hydrogen-bond donors (Lipinski definition) is 1. The summed E-state index contributed by atoms with van der Waals surface area (Å²) in [6.07, 6.45) is 0. The zero-order chi connectivity index (χ0) is 21.8. The van der Waals surface area contributed by atoms with Gasteiger partial charge in [0, 0.05) is 27.6 Å². The van der Waals surface area contributed by atoms with Crippen molar-refractivity contribution in [3.8, 4) is 33.5 Å². The van der Waals surface area contributed by atoms with Gasteiger partial charge in [-0.05, 0) is 36.4 Å². The lowest BCUT2D eigenvalue weighted by molar-refractivity contribution is 0.0950. The third kappa shape index (κ3) is 4.33. The molecule has 32 heavy (non-hydrogen) atoms. The van der Waals surface area contributed by atoms with E-state index in [-0.39, 0.29) is 5.91 Å². The molecule has 0 fully saturated rings. The summed E-state index contributed by atoms with van der Waals surface area (Å²) in [7, 11) is 0. The van der Waals surface area contributed by atoms with Crippen molar-refractivity contribution < 1.29 is 9.21 Å². The maximum Gasteiger partial charge on any atom is 0.251 e. The molecular formula is C25H18N4O2S. The fourth-order valence-corrected chi connectivity index (χ4v) is 4.00. The maximum atomic E-state index is 12.5. The van der Waals surface area contributed by atoms with Crippen molar-refractivity contribution in [3.05, 3.63) is 102 Å². The van der Waals surface area contributed by atoms with E-state index in [1.807, 2.05) is 66.0 Å². The highest BCUT2D eigenvalue weighted by molar-refractivity contribution is 7.13. The predicted octanol–water partition coefficient (Wildman–Crippen LogP) is 5.46. The van der Waals surface area contributed by atoms with Gasteiger partial charge in [0.25, 0.3) is 5.91 Å². The fourth-order valence-electron chi connectivity index (χ4n) is 3.18. The van der Waals surface area contributed by atoms with Crippen LogP contribution in [0.25, 0.3) is 33.5 Å². The largest absolute Gasteiger partial charge is 0.416 e. The minimum absolute atomic E-state index is 0.165. The molecule has 2 aromatic heterocycles. The summed E-state index contributed by atoms with van der Waals surface area (Å²) in [5, 5.41) is 14.0. The van der Waals surface area contributed by atoms with E-state index in [2.05, 4.69) is 20.5 Å². The van der Waals surface area contributed by atoms with Crippen molar-refractivity contribution >= 4 is 17.2 Å². The molecule has 0 saturated carbocycles. The van der Waals surface area contributed by atoms with Gasteiger partial charge in [-0.15, -0.1) is 21.5 Å². The van der Waals surface area contributed by atoms with Crippen molar-refractivity contribution in [2.75, 3.05) is 0 Å². The van der Waals surface area contributed by atoms with Crippen molar-refractivity contribution in [1.82, 2.24) is 20.5 Å². The highest BCUT2D eigenvalue weighted by Gasteiger charge is 2.12. The lowest BCUT2D eigenvalue weighted by Gasteiger charge is -2.04. The highest BCUT2D eigenvalue weighted by Crippen LogP contribution is 2.25. The van der Waals surface area contributed by atoms with Crippen LogP contribution in [0.15, 0.2) is 94.7 Å². The number of benzene rings is 3. The molecule has 5 rings (SSSR count). The monoisotopic (exact) mass is 438 g/mol. The summed E-state index contributed by atoms with van der Waals surface area (Å²) in [5.41, 5.74) is 4.07. The average molecular weight is 439 g/mol. The van der Waals surface area contributed by atoms with Crippen LogP contribution in [0.3, 0.4) is 0 Å². The standard InChI is InChI=1S/C25H18N4O2S/c30-22(26-15-21-16-32-25(27-21)20-9-5-2-6-10-20)17-11-13-19(14-12-17)24-29-28-23(31-24)18-7-3-1-4-8-18/h1-14,16H,15H2,(H,26,30).